The van der Waals surface area contributed by atoms with Crippen LogP contribution in [0.5, 0.6) is 0 Å². The van der Waals surface area contributed by atoms with Crippen molar-refractivity contribution in [2.75, 3.05) is 18.5 Å². The molecule has 1 aromatic heterocycles. The molecule has 1 aliphatic heterocycles. The van der Waals surface area contributed by atoms with Crippen molar-refractivity contribution in [3.8, 4) is 0 Å². The van der Waals surface area contributed by atoms with Gasteiger partial charge in [0.25, 0.3) is 5.91 Å². The van der Waals surface area contributed by atoms with Gasteiger partial charge in [0.15, 0.2) is 5.82 Å². The molecular weight excluding hydrogens is 236 g/mol. The van der Waals surface area contributed by atoms with Gasteiger partial charge in [-0.2, -0.15) is 0 Å². The van der Waals surface area contributed by atoms with Gasteiger partial charge in [0.2, 0.25) is 5.91 Å². The number of hydrazine groups is 1. The molecule has 0 spiro atoms. The number of carbonyl (C=O) groups excluding carboxylic acids is 2. The van der Waals surface area contributed by atoms with Crippen LogP contribution >= 0.6 is 0 Å². The minimum absolute atomic E-state index is 0.159. The van der Waals surface area contributed by atoms with Gasteiger partial charge in [-0.1, -0.05) is 0 Å². The summed E-state index contributed by atoms with van der Waals surface area (Å²) in [6.45, 7) is 2.57. The number of nitrogens with one attached hydrogen (secondary N) is 2. The average molecular weight is 250 g/mol. The number of rotatable bonds is 2. The standard InChI is InChI=1S/C10H14N6O2/c1-6-9(17)13-2-3-16(6)10(18)7-4-12-5-8(14-7)15-11/h4-6H,2-3,11H2,1H3,(H,13,17)(H,14,15). The minimum Gasteiger partial charge on any atom is -0.353 e. The zero-order valence-corrected chi connectivity index (χ0v) is 9.88. The fraction of sp³-hybridized carbons (Fsp3) is 0.400. The molecular formula is C10H14N6O2. The number of anilines is 1. The van der Waals surface area contributed by atoms with E-state index in [0.717, 1.165) is 0 Å². The first-order valence-electron chi connectivity index (χ1n) is 5.51. The Labute approximate surface area is 104 Å². The lowest BCUT2D eigenvalue weighted by Crippen LogP contribution is -2.56. The normalized spacial score (nSPS) is 19.3. The van der Waals surface area contributed by atoms with Crippen LogP contribution < -0.4 is 16.6 Å². The second-order valence-electron chi connectivity index (χ2n) is 3.90. The van der Waals surface area contributed by atoms with E-state index in [2.05, 4.69) is 20.7 Å². The fourth-order valence-electron chi connectivity index (χ4n) is 1.75. The molecule has 2 heterocycles. The van der Waals surface area contributed by atoms with E-state index < -0.39 is 6.04 Å². The van der Waals surface area contributed by atoms with E-state index in [1.54, 1.807) is 6.92 Å². The van der Waals surface area contributed by atoms with E-state index in [9.17, 15) is 9.59 Å². The number of nitrogens with two attached hydrogens (primary N) is 1. The first kappa shape index (κ1) is 12.2. The molecule has 1 saturated heterocycles. The Morgan fingerprint density at radius 1 is 1.61 bits per heavy atom. The van der Waals surface area contributed by atoms with Crippen molar-refractivity contribution in [2.24, 2.45) is 5.84 Å². The van der Waals surface area contributed by atoms with Crippen molar-refractivity contribution >= 4 is 17.6 Å². The Kier molecular flexibility index (Phi) is 3.38. The van der Waals surface area contributed by atoms with E-state index in [1.165, 1.54) is 17.3 Å². The summed E-state index contributed by atoms with van der Waals surface area (Å²) in [6, 6.07) is -0.512. The van der Waals surface area contributed by atoms with Crippen LogP contribution in [0.3, 0.4) is 0 Å². The fourth-order valence-corrected chi connectivity index (χ4v) is 1.75. The van der Waals surface area contributed by atoms with Gasteiger partial charge < -0.3 is 15.6 Å². The summed E-state index contributed by atoms with van der Waals surface area (Å²) in [6.07, 6.45) is 2.76. The summed E-state index contributed by atoms with van der Waals surface area (Å²) >= 11 is 0. The lowest BCUT2D eigenvalue weighted by atomic mass is 10.2. The molecule has 1 unspecified atom stereocenters. The predicted octanol–water partition coefficient (Wildman–Crippen LogP) is -1.28. The third-order valence-corrected chi connectivity index (χ3v) is 2.76. The zero-order valence-electron chi connectivity index (χ0n) is 9.88. The van der Waals surface area contributed by atoms with E-state index in [4.69, 9.17) is 5.84 Å². The van der Waals surface area contributed by atoms with Crippen LogP contribution in [0.25, 0.3) is 0 Å². The summed E-state index contributed by atoms with van der Waals surface area (Å²) < 4.78 is 0. The first-order valence-corrected chi connectivity index (χ1v) is 5.51. The van der Waals surface area contributed by atoms with Crippen LogP contribution in [0.2, 0.25) is 0 Å². The van der Waals surface area contributed by atoms with E-state index in [-0.39, 0.29) is 17.5 Å². The van der Waals surface area contributed by atoms with E-state index >= 15 is 0 Å². The van der Waals surface area contributed by atoms with Crippen molar-refractivity contribution in [2.45, 2.75) is 13.0 Å². The van der Waals surface area contributed by atoms with Gasteiger partial charge in [0.05, 0.1) is 12.4 Å². The van der Waals surface area contributed by atoms with Gasteiger partial charge in [0.1, 0.15) is 11.7 Å². The molecule has 1 aliphatic rings. The smallest absolute Gasteiger partial charge is 0.274 e. The van der Waals surface area contributed by atoms with Crippen molar-refractivity contribution < 1.29 is 9.59 Å². The molecule has 0 aliphatic carbocycles. The van der Waals surface area contributed by atoms with Crippen LogP contribution in [-0.4, -0.2) is 45.8 Å². The number of piperazine rings is 1. The van der Waals surface area contributed by atoms with Crippen LogP contribution in [0.15, 0.2) is 12.4 Å². The summed E-state index contributed by atoms with van der Waals surface area (Å²) in [5.41, 5.74) is 2.48. The highest BCUT2D eigenvalue weighted by molar-refractivity contribution is 5.96. The monoisotopic (exact) mass is 250 g/mol. The van der Waals surface area contributed by atoms with Gasteiger partial charge in [0, 0.05) is 13.1 Å². The maximum absolute atomic E-state index is 12.2. The molecule has 4 N–H and O–H groups in total. The second kappa shape index (κ2) is 4.96. The van der Waals surface area contributed by atoms with Crippen LogP contribution in [0, 0.1) is 0 Å². The molecule has 8 nitrogen and oxygen atoms in total. The third-order valence-electron chi connectivity index (χ3n) is 2.76. The Bertz CT molecular complexity index is 477. The molecule has 1 atom stereocenters. The van der Waals surface area contributed by atoms with Crippen molar-refractivity contribution in [3.63, 3.8) is 0 Å². The number of aromatic nitrogens is 2. The summed E-state index contributed by atoms with van der Waals surface area (Å²) in [5.74, 6) is 5.00. The number of nitrogen functional groups attached to an aromatic ring is 1. The highest BCUT2D eigenvalue weighted by atomic mass is 16.2. The SMILES string of the molecule is CC1C(=O)NCCN1C(=O)c1cncc(NN)n1. The molecule has 96 valence electrons. The Hall–Kier alpha value is -2.22. The molecule has 0 bridgehead atoms. The van der Waals surface area contributed by atoms with Crippen LogP contribution in [-0.2, 0) is 4.79 Å². The zero-order chi connectivity index (χ0) is 13.1. The molecule has 1 fully saturated rings. The molecule has 0 aromatic carbocycles. The molecule has 8 heteroatoms. The summed E-state index contributed by atoms with van der Waals surface area (Å²) in [5, 5.41) is 2.69. The van der Waals surface area contributed by atoms with Crippen molar-refractivity contribution in [1.82, 2.24) is 20.2 Å². The number of nitrogens with zero attached hydrogens (tertiary/aromatic N) is 3. The number of carbonyl (C=O) groups is 2. The predicted molar refractivity (Wildman–Crippen MR) is 63.4 cm³/mol. The van der Waals surface area contributed by atoms with E-state index in [1.807, 2.05) is 0 Å². The molecule has 1 aromatic rings. The molecule has 2 amide bonds. The summed E-state index contributed by atoms with van der Waals surface area (Å²) in [7, 11) is 0. The lowest BCUT2D eigenvalue weighted by molar-refractivity contribution is -0.127. The minimum atomic E-state index is -0.512. The second-order valence-corrected chi connectivity index (χ2v) is 3.90. The van der Waals surface area contributed by atoms with Gasteiger partial charge in [-0.05, 0) is 6.92 Å². The maximum Gasteiger partial charge on any atom is 0.274 e. The van der Waals surface area contributed by atoms with E-state index in [0.29, 0.717) is 18.9 Å². The van der Waals surface area contributed by atoms with Crippen molar-refractivity contribution in [3.05, 3.63) is 18.1 Å². The number of hydrogen-bond donors (Lipinski definition) is 3. The van der Waals surface area contributed by atoms with Crippen LogP contribution in [0.4, 0.5) is 5.82 Å². The van der Waals surface area contributed by atoms with Gasteiger partial charge in [-0.25, -0.2) is 10.8 Å². The van der Waals surface area contributed by atoms with Gasteiger partial charge in [-0.15, -0.1) is 0 Å². The average Bonchev–Trinajstić information content (AvgIpc) is 2.41. The Morgan fingerprint density at radius 2 is 2.39 bits per heavy atom. The topological polar surface area (TPSA) is 113 Å². The Balaban J connectivity index is 2.22. The highest BCUT2D eigenvalue weighted by Gasteiger charge is 2.30. The first-order chi connectivity index (χ1) is 8.63. The number of hydrogen-bond acceptors (Lipinski definition) is 6. The maximum atomic E-state index is 12.2. The van der Waals surface area contributed by atoms with Crippen LogP contribution in [0.1, 0.15) is 17.4 Å². The highest BCUT2D eigenvalue weighted by Crippen LogP contribution is 2.10. The quantitative estimate of drug-likeness (QED) is 0.445. The lowest BCUT2D eigenvalue weighted by Gasteiger charge is -2.32. The molecule has 2 rings (SSSR count). The Morgan fingerprint density at radius 3 is 3.11 bits per heavy atom. The largest absolute Gasteiger partial charge is 0.353 e. The molecule has 0 saturated carbocycles. The number of amides is 2. The van der Waals surface area contributed by atoms with Crippen molar-refractivity contribution in [1.29, 1.82) is 0 Å². The third kappa shape index (κ3) is 2.23. The molecule has 18 heavy (non-hydrogen) atoms. The molecule has 0 radical (unpaired) electrons. The van der Waals surface area contributed by atoms with Gasteiger partial charge in [-0.3, -0.25) is 14.6 Å². The summed E-state index contributed by atoms with van der Waals surface area (Å²) in [4.78, 5) is 33.0. The van der Waals surface area contributed by atoms with Gasteiger partial charge >= 0.3 is 0 Å².